The molecule has 1 rings (SSSR count). The lowest BCUT2D eigenvalue weighted by atomic mass is 9.87. The lowest BCUT2D eigenvalue weighted by Crippen LogP contribution is -2.53. The molecule has 0 bridgehead atoms. The fourth-order valence-electron chi connectivity index (χ4n) is 2.31. The van der Waals surface area contributed by atoms with Crippen LogP contribution < -0.4 is 4.72 Å². The Hall–Kier alpha value is -0.950. The van der Waals surface area contributed by atoms with Crippen LogP contribution in [0.25, 0.3) is 0 Å². The number of amides is 2. The average Bonchev–Trinajstić information content (AvgIpc) is 2.67. The largest absolute Gasteiger partial charge is 0.443 e. The van der Waals surface area contributed by atoms with E-state index in [0.717, 1.165) is 4.90 Å². The molecular formula is C16H30N2O4S. The van der Waals surface area contributed by atoms with Crippen LogP contribution in [0.1, 0.15) is 61.8 Å². The van der Waals surface area contributed by atoms with Gasteiger partial charge in [-0.25, -0.2) is 18.6 Å². The van der Waals surface area contributed by atoms with Crippen LogP contribution in [0.2, 0.25) is 0 Å². The lowest BCUT2D eigenvalue weighted by molar-refractivity contribution is -0.131. The molecule has 1 aliphatic heterocycles. The molecule has 0 aliphatic carbocycles. The summed E-state index contributed by atoms with van der Waals surface area (Å²) in [6, 6.07) is 0. The van der Waals surface area contributed by atoms with Crippen LogP contribution in [0, 0.1) is 5.92 Å². The van der Waals surface area contributed by atoms with Gasteiger partial charge in [-0.05, 0) is 61.8 Å². The van der Waals surface area contributed by atoms with E-state index >= 15 is 0 Å². The van der Waals surface area contributed by atoms with Gasteiger partial charge in [0.05, 0.1) is 21.7 Å². The maximum atomic E-state index is 12.6. The molecule has 2 amide bonds. The summed E-state index contributed by atoms with van der Waals surface area (Å²) in [6.07, 6.45) is -0.0860. The fraction of sp³-hybridized carbons (Fsp3) is 0.875. The number of nitrogens with one attached hydrogen (secondary N) is 1. The number of hydrogen-bond acceptors (Lipinski definition) is 4. The Balaban J connectivity index is 2.82. The first-order valence-electron chi connectivity index (χ1n) is 7.89. The molecule has 2 unspecified atom stereocenters. The summed E-state index contributed by atoms with van der Waals surface area (Å²) in [4.78, 5) is 25.9. The first-order chi connectivity index (χ1) is 10.1. The Morgan fingerprint density at radius 1 is 1.17 bits per heavy atom. The van der Waals surface area contributed by atoms with Gasteiger partial charge < -0.3 is 4.74 Å². The van der Waals surface area contributed by atoms with Crippen LogP contribution in [0.4, 0.5) is 4.79 Å². The maximum Gasteiger partial charge on any atom is 0.417 e. The summed E-state index contributed by atoms with van der Waals surface area (Å²) < 4.78 is 20.2. The molecule has 6 nitrogen and oxygen atoms in total. The number of imide groups is 1. The number of likely N-dealkylation sites (tertiary alicyclic amines) is 1. The molecule has 2 atom stereocenters. The summed E-state index contributed by atoms with van der Waals surface area (Å²) in [5.41, 5.74) is -1.32. The Morgan fingerprint density at radius 3 is 2.13 bits per heavy atom. The van der Waals surface area contributed by atoms with Gasteiger partial charge in [-0.15, -0.1) is 0 Å². The summed E-state index contributed by atoms with van der Waals surface area (Å²) in [5.74, 6) is -0.691. The summed E-state index contributed by atoms with van der Waals surface area (Å²) in [7, 11) is -1.29. The molecule has 1 N–H and O–H groups in total. The van der Waals surface area contributed by atoms with Gasteiger partial charge in [-0.1, -0.05) is 0 Å². The van der Waals surface area contributed by atoms with Crippen molar-refractivity contribution in [2.45, 2.75) is 77.7 Å². The highest BCUT2D eigenvalue weighted by Gasteiger charge is 2.46. The standard InChI is InChI=1S/C16H30N2O4S/c1-14(2,3)22-13(20)18-10-9-11(12(18)19)16(7,8)17-23(21)15(4,5)6/h11,17H,9-10H2,1-8H3. The number of hydrogen-bond donors (Lipinski definition) is 1. The van der Waals surface area contributed by atoms with Crippen LogP contribution in [0.3, 0.4) is 0 Å². The zero-order valence-electron chi connectivity index (χ0n) is 15.5. The predicted molar refractivity (Wildman–Crippen MR) is 91.2 cm³/mol. The second kappa shape index (κ2) is 6.51. The molecule has 1 fully saturated rings. The highest BCUT2D eigenvalue weighted by Crippen LogP contribution is 2.31. The van der Waals surface area contributed by atoms with Crippen molar-refractivity contribution in [1.29, 1.82) is 0 Å². The zero-order chi connectivity index (χ0) is 18.2. The number of carbonyl (C=O) groups is 2. The quantitative estimate of drug-likeness (QED) is 0.852. The van der Waals surface area contributed by atoms with Gasteiger partial charge >= 0.3 is 6.09 Å². The third kappa shape index (κ3) is 5.28. The predicted octanol–water partition coefficient (Wildman–Crippen LogP) is 2.60. The van der Waals surface area contributed by atoms with Gasteiger partial charge in [-0.3, -0.25) is 4.79 Å². The minimum absolute atomic E-state index is 0.275. The lowest BCUT2D eigenvalue weighted by Gasteiger charge is -2.33. The Labute approximate surface area is 141 Å². The monoisotopic (exact) mass is 346 g/mol. The third-order valence-electron chi connectivity index (χ3n) is 3.60. The van der Waals surface area contributed by atoms with Gasteiger partial charge in [0.15, 0.2) is 0 Å². The Kier molecular flexibility index (Phi) is 5.69. The van der Waals surface area contributed by atoms with Crippen molar-refractivity contribution in [1.82, 2.24) is 9.62 Å². The van der Waals surface area contributed by atoms with Crippen LogP contribution in [0.15, 0.2) is 0 Å². The highest BCUT2D eigenvalue weighted by atomic mass is 32.2. The van der Waals surface area contributed by atoms with Crippen molar-refractivity contribution in [2.75, 3.05) is 6.54 Å². The van der Waals surface area contributed by atoms with Crippen molar-refractivity contribution < 1.29 is 18.5 Å². The number of ether oxygens (including phenoxy) is 1. The number of rotatable bonds is 3. The highest BCUT2D eigenvalue weighted by molar-refractivity contribution is 7.84. The van der Waals surface area contributed by atoms with Gasteiger partial charge in [-0.2, -0.15) is 0 Å². The molecule has 23 heavy (non-hydrogen) atoms. The van der Waals surface area contributed by atoms with Crippen molar-refractivity contribution >= 4 is 23.0 Å². The molecule has 0 aromatic heterocycles. The van der Waals surface area contributed by atoms with E-state index in [4.69, 9.17) is 4.74 Å². The number of nitrogens with zero attached hydrogens (tertiary/aromatic N) is 1. The van der Waals surface area contributed by atoms with E-state index < -0.39 is 38.9 Å². The molecule has 0 spiro atoms. The molecule has 1 heterocycles. The molecule has 7 heteroatoms. The average molecular weight is 346 g/mol. The van der Waals surface area contributed by atoms with Crippen LogP contribution in [-0.4, -0.2) is 43.5 Å². The molecular weight excluding hydrogens is 316 g/mol. The van der Waals surface area contributed by atoms with Crippen LogP contribution in [-0.2, 0) is 20.5 Å². The van der Waals surface area contributed by atoms with Crippen LogP contribution in [0.5, 0.6) is 0 Å². The van der Waals surface area contributed by atoms with Crippen LogP contribution >= 0.6 is 0 Å². The second-order valence-electron chi connectivity index (χ2n) is 8.52. The Bertz CT molecular complexity index is 503. The molecule has 0 radical (unpaired) electrons. The fourth-order valence-corrected chi connectivity index (χ4v) is 3.24. The van der Waals surface area contributed by atoms with E-state index in [1.807, 2.05) is 34.6 Å². The summed E-state index contributed by atoms with van der Waals surface area (Å²) in [6.45, 7) is 14.9. The van der Waals surface area contributed by atoms with E-state index in [2.05, 4.69) is 4.72 Å². The summed E-state index contributed by atoms with van der Waals surface area (Å²) in [5, 5.41) is 0. The van der Waals surface area contributed by atoms with Crippen molar-refractivity contribution in [3.8, 4) is 0 Å². The Morgan fingerprint density at radius 2 is 1.70 bits per heavy atom. The van der Waals surface area contributed by atoms with Gasteiger partial charge in [0.1, 0.15) is 5.60 Å². The minimum atomic E-state index is -1.29. The van der Waals surface area contributed by atoms with Gasteiger partial charge in [0, 0.05) is 12.1 Å². The molecule has 134 valence electrons. The minimum Gasteiger partial charge on any atom is -0.443 e. The van der Waals surface area contributed by atoms with Gasteiger partial charge in [0.25, 0.3) is 0 Å². The normalized spacial score (nSPS) is 21.5. The third-order valence-corrected chi connectivity index (χ3v) is 5.43. The molecule has 1 aliphatic rings. The first kappa shape index (κ1) is 20.1. The smallest absolute Gasteiger partial charge is 0.417 e. The van der Waals surface area contributed by atoms with E-state index in [1.165, 1.54) is 0 Å². The van der Waals surface area contributed by atoms with E-state index in [9.17, 15) is 13.8 Å². The van der Waals surface area contributed by atoms with E-state index in [1.54, 1.807) is 20.8 Å². The maximum absolute atomic E-state index is 12.6. The molecule has 0 aromatic rings. The number of carbonyl (C=O) groups excluding carboxylic acids is 2. The zero-order valence-corrected chi connectivity index (χ0v) is 16.3. The van der Waals surface area contributed by atoms with Gasteiger partial charge in [0.2, 0.25) is 5.91 Å². The van der Waals surface area contributed by atoms with E-state index in [0.29, 0.717) is 13.0 Å². The second-order valence-corrected chi connectivity index (χ2v) is 10.5. The van der Waals surface area contributed by atoms with E-state index in [-0.39, 0.29) is 5.91 Å². The first-order valence-corrected chi connectivity index (χ1v) is 9.04. The SMILES string of the molecule is CC(C)(C)OC(=O)N1CCC(C(C)(C)NS(=O)C(C)(C)C)C1=O. The molecule has 1 saturated heterocycles. The van der Waals surface area contributed by atoms with Crippen molar-refractivity contribution in [3.63, 3.8) is 0 Å². The summed E-state index contributed by atoms with van der Waals surface area (Å²) >= 11 is 0. The van der Waals surface area contributed by atoms with Crippen molar-refractivity contribution in [2.24, 2.45) is 5.92 Å². The van der Waals surface area contributed by atoms with Crippen molar-refractivity contribution in [3.05, 3.63) is 0 Å². The topological polar surface area (TPSA) is 75.7 Å². The molecule has 0 aromatic carbocycles. The molecule has 0 saturated carbocycles.